The molecule has 0 fully saturated rings. The number of halogens is 3. The van der Waals surface area contributed by atoms with Gasteiger partial charge < -0.3 is 5.32 Å². The third kappa shape index (κ3) is 3.91. The fraction of sp³-hybridized carbons (Fsp3) is 0.200. The summed E-state index contributed by atoms with van der Waals surface area (Å²) in [6, 6.07) is 14.8. The normalized spacial score (nSPS) is 12.4. The van der Waals surface area contributed by atoms with E-state index in [4.69, 9.17) is 0 Å². The van der Waals surface area contributed by atoms with E-state index in [9.17, 15) is 0 Å². The van der Waals surface area contributed by atoms with Gasteiger partial charge in [-0.25, -0.2) is 0 Å². The summed E-state index contributed by atoms with van der Waals surface area (Å²) in [7, 11) is 0. The van der Waals surface area contributed by atoms with Crippen molar-refractivity contribution in [3.63, 3.8) is 0 Å². The maximum absolute atomic E-state index is 3.64. The lowest BCUT2D eigenvalue weighted by molar-refractivity contribution is 0.628. The summed E-state index contributed by atoms with van der Waals surface area (Å²) in [5.74, 6) is 0. The van der Waals surface area contributed by atoms with Gasteiger partial charge in [0.25, 0.3) is 0 Å². The summed E-state index contributed by atoms with van der Waals surface area (Å²) in [4.78, 5) is 0. The molecule has 0 aromatic heterocycles. The molecule has 1 N–H and O–H groups in total. The fourth-order valence-corrected chi connectivity index (χ4v) is 3.30. The molecule has 0 bridgehead atoms. The largest absolute Gasteiger partial charge is 0.306 e. The molecule has 2 rings (SSSR count). The summed E-state index contributed by atoms with van der Waals surface area (Å²) in [5.41, 5.74) is 2.48. The minimum atomic E-state index is 0.175. The van der Waals surface area contributed by atoms with Gasteiger partial charge in [0.15, 0.2) is 0 Å². The van der Waals surface area contributed by atoms with Gasteiger partial charge in [0.05, 0.1) is 6.04 Å². The second-order valence-corrected chi connectivity index (χ2v) is 6.90. The van der Waals surface area contributed by atoms with Crippen LogP contribution in [0.2, 0.25) is 0 Å². The topological polar surface area (TPSA) is 12.0 Å². The lowest BCUT2D eigenvalue weighted by atomic mass is 9.99. The first-order chi connectivity index (χ1) is 9.11. The molecule has 1 unspecified atom stereocenters. The van der Waals surface area contributed by atoms with Crippen molar-refractivity contribution in [3.05, 3.63) is 67.0 Å². The Hall–Kier alpha value is -0.160. The van der Waals surface area contributed by atoms with E-state index in [2.05, 4.69) is 90.4 Å². The highest BCUT2D eigenvalue weighted by molar-refractivity contribution is 9.11. The minimum absolute atomic E-state index is 0.175. The van der Waals surface area contributed by atoms with Gasteiger partial charge >= 0.3 is 0 Å². The van der Waals surface area contributed by atoms with Crippen molar-refractivity contribution >= 4 is 47.8 Å². The average Bonchev–Trinajstić information content (AvgIpc) is 2.39. The highest BCUT2D eigenvalue weighted by Crippen LogP contribution is 2.32. The van der Waals surface area contributed by atoms with Crippen molar-refractivity contribution in [2.45, 2.75) is 13.0 Å². The Morgan fingerprint density at radius 2 is 1.74 bits per heavy atom. The van der Waals surface area contributed by atoms with Crippen molar-refractivity contribution in [1.29, 1.82) is 0 Å². The molecule has 0 heterocycles. The van der Waals surface area contributed by atoms with Crippen LogP contribution in [-0.4, -0.2) is 6.54 Å². The summed E-state index contributed by atoms with van der Waals surface area (Å²) >= 11 is 10.7. The maximum Gasteiger partial charge on any atom is 0.0588 e. The van der Waals surface area contributed by atoms with Crippen LogP contribution in [0.3, 0.4) is 0 Å². The Labute approximate surface area is 139 Å². The van der Waals surface area contributed by atoms with Crippen LogP contribution in [0.4, 0.5) is 0 Å². The van der Waals surface area contributed by atoms with Gasteiger partial charge in [0.1, 0.15) is 0 Å². The molecule has 0 aliphatic heterocycles. The number of benzene rings is 2. The molecule has 1 atom stereocenters. The molecule has 0 aliphatic carbocycles. The van der Waals surface area contributed by atoms with E-state index in [1.165, 1.54) is 11.1 Å². The fourth-order valence-electron chi connectivity index (χ4n) is 2.03. The first kappa shape index (κ1) is 15.2. The monoisotopic (exact) mass is 445 g/mol. The molecule has 0 radical (unpaired) electrons. The van der Waals surface area contributed by atoms with Crippen LogP contribution in [0.5, 0.6) is 0 Å². The lowest BCUT2D eigenvalue weighted by Crippen LogP contribution is -2.22. The van der Waals surface area contributed by atoms with E-state index >= 15 is 0 Å². The van der Waals surface area contributed by atoms with Crippen molar-refractivity contribution in [2.75, 3.05) is 6.54 Å². The van der Waals surface area contributed by atoms with E-state index in [0.717, 1.165) is 20.0 Å². The molecule has 1 nitrogen and oxygen atoms in total. The van der Waals surface area contributed by atoms with Crippen molar-refractivity contribution < 1.29 is 0 Å². The van der Waals surface area contributed by atoms with Crippen LogP contribution in [0, 0.1) is 0 Å². The summed E-state index contributed by atoms with van der Waals surface area (Å²) in [5, 5.41) is 3.54. The van der Waals surface area contributed by atoms with Gasteiger partial charge in [-0.05, 0) is 48.0 Å². The second kappa shape index (κ2) is 7.02. The first-order valence-corrected chi connectivity index (χ1v) is 8.43. The van der Waals surface area contributed by atoms with Crippen LogP contribution < -0.4 is 5.32 Å². The SMILES string of the molecule is CCNC(c1cccc(Br)c1)c1cc(Br)ccc1Br. The van der Waals surface area contributed by atoms with Gasteiger partial charge in [-0.2, -0.15) is 0 Å². The molecule has 4 heteroatoms. The Morgan fingerprint density at radius 3 is 2.42 bits per heavy atom. The summed E-state index contributed by atoms with van der Waals surface area (Å²) < 4.78 is 3.30. The van der Waals surface area contributed by atoms with Crippen molar-refractivity contribution in [1.82, 2.24) is 5.32 Å². The molecule has 100 valence electrons. The predicted molar refractivity (Wildman–Crippen MR) is 91.5 cm³/mol. The van der Waals surface area contributed by atoms with Gasteiger partial charge in [-0.15, -0.1) is 0 Å². The highest BCUT2D eigenvalue weighted by Gasteiger charge is 2.16. The number of rotatable bonds is 4. The van der Waals surface area contributed by atoms with Gasteiger partial charge in [0.2, 0.25) is 0 Å². The van der Waals surface area contributed by atoms with Crippen LogP contribution in [-0.2, 0) is 0 Å². The maximum atomic E-state index is 3.64. The smallest absolute Gasteiger partial charge is 0.0588 e. The Morgan fingerprint density at radius 1 is 1.00 bits per heavy atom. The Kier molecular flexibility index (Phi) is 5.63. The Balaban J connectivity index is 2.48. The zero-order valence-corrected chi connectivity index (χ0v) is 15.2. The molecule has 0 amide bonds. The average molecular weight is 448 g/mol. The number of hydrogen-bond donors (Lipinski definition) is 1. The van der Waals surface area contributed by atoms with Crippen LogP contribution in [0.1, 0.15) is 24.1 Å². The van der Waals surface area contributed by atoms with E-state index < -0.39 is 0 Å². The van der Waals surface area contributed by atoms with E-state index in [-0.39, 0.29) is 6.04 Å². The third-order valence-electron chi connectivity index (χ3n) is 2.86. The van der Waals surface area contributed by atoms with Crippen LogP contribution >= 0.6 is 47.8 Å². The van der Waals surface area contributed by atoms with E-state index in [0.29, 0.717) is 0 Å². The second-order valence-electron chi connectivity index (χ2n) is 4.21. The molecule has 0 aliphatic rings. The zero-order chi connectivity index (χ0) is 13.8. The standard InChI is InChI=1S/C15H14Br3N/c1-2-19-15(10-4-3-5-11(16)8-10)13-9-12(17)6-7-14(13)18/h3-9,15,19H,2H2,1H3. The molecule has 2 aromatic rings. The predicted octanol–water partition coefficient (Wildman–Crippen LogP) is 5.67. The zero-order valence-electron chi connectivity index (χ0n) is 10.5. The summed E-state index contributed by atoms with van der Waals surface area (Å²) in [6.45, 7) is 3.03. The van der Waals surface area contributed by atoms with E-state index in [1.54, 1.807) is 0 Å². The van der Waals surface area contributed by atoms with E-state index in [1.807, 2.05) is 12.1 Å². The minimum Gasteiger partial charge on any atom is -0.306 e. The van der Waals surface area contributed by atoms with Gasteiger partial charge in [0, 0.05) is 13.4 Å². The van der Waals surface area contributed by atoms with Crippen LogP contribution in [0.15, 0.2) is 55.9 Å². The molecule has 19 heavy (non-hydrogen) atoms. The first-order valence-electron chi connectivity index (χ1n) is 6.05. The van der Waals surface area contributed by atoms with Crippen molar-refractivity contribution in [2.24, 2.45) is 0 Å². The lowest BCUT2D eigenvalue weighted by Gasteiger charge is -2.21. The number of nitrogens with one attached hydrogen (secondary N) is 1. The molecular formula is C15H14Br3N. The summed E-state index contributed by atoms with van der Waals surface area (Å²) in [6.07, 6.45) is 0. The molecule has 2 aromatic carbocycles. The Bertz CT molecular complexity index is 569. The molecule has 0 saturated carbocycles. The molecular weight excluding hydrogens is 434 g/mol. The molecule has 0 saturated heterocycles. The quantitative estimate of drug-likeness (QED) is 0.636. The van der Waals surface area contributed by atoms with Crippen LogP contribution in [0.25, 0.3) is 0 Å². The van der Waals surface area contributed by atoms with Crippen molar-refractivity contribution in [3.8, 4) is 0 Å². The van der Waals surface area contributed by atoms with Gasteiger partial charge in [-0.3, -0.25) is 0 Å². The highest BCUT2D eigenvalue weighted by atomic mass is 79.9. The number of hydrogen-bond acceptors (Lipinski definition) is 1. The van der Waals surface area contributed by atoms with Gasteiger partial charge in [-0.1, -0.05) is 66.8 Å². The molecule has 0 spiro atoms. The third-order valence-corrected chi connectivity index (χ3v) is 4.57.